The van der Waals surface area contributed by atoms with Gasteiger partial charge in [0.2, 0.25) is 5.91 Å². The van der Waals surface area contributed by atoms with Crippen molar-refractivity contribution in [1.29, 1.82) is 0 Å². The number of rotatable bonds is 6. The second kappa shape index (κ2) is 5.74. The van der Waals surface area contributed by atoms with Crippen molar-refractivity contribution < 1.29 is 4.79 Å². The van der Waals surface area contributed by atoms with Crippen molar-refractivity contribution >= 4 is 5.91 Å². The van der Waals surface area contributed by atoms with E-state index < -0.39 is 0 Å². The van der Waals surface area contributed by atoms with E-state index in [0.717, 1.165) is 19.3 Å². The van der Waals surface area contributed by atoms with Gasteiger partial charge in [-0.15, -0.1) is 0 Å². The fourth-order valence-corrected chi connectivity index (χ4v) is 2.67. The van der Waals surface area contributed by atoms with Gasteiger partial charge in [-0.25, -0.2) is 0 Å². The van der Waals surface area contributed by atoms with Gasteiger partial charge < -0.3 is 11.1 Å². The molecular weight excluding hydrogens is 236 g/mol. The lowest BCUT2D eigenvalue weighted by molar-refractivity contribution is -0.124. The van der Waals surface area contributed by atoms with Crippen molar-refractivity contribution in [1.82, 2.24) is 5.32 Å². The Morgan fingerprint density at radius 3 is 2.47 bits per heavy atom. The Kier molecular flexibility index (Phi) is 4.25. The first-order chi connectivity index (χ1) is 9.15. The van der Waals surface area contributed by atoms with Crippen LogP contribution in [0.5, 0.6) is 0 Å². The highest BCUT2D eigenvalue weighted by Gasteiger charge is 2.45. The fraction of sp³-hybridized carbons (Fsp3) is 0.562. The van der Waals surface area contributed by atoms with Crippen molar-refractivity contribution in [2.45, 2.75) is 44.6 Å². The molecule has 0 aromatic heterocycles. The number of carbonyl (C=O) groups excluding carboxylic acids is 1. The van der Waals surface area contributed by atoms with E-state index in [1.807, 2.05) is 18.2 Å². The number of nitrogens with two attached hydrogens (primary N) is 1. The fourth-order valence-electron chi connectivity index (χ4n) is 2.67. The van der Waals surface area contributed by atoms with Gasteiger partial charge in [0.1, 0.15) is 0 Å². The summed E-state index contributed by atoms with van der Waals surface area (Å²) in [6.07, 6.45) is 2.73. The van der Waals surface area contributed by atoms with Gasteiger partial charge in [-0.1, -0.05) is 44.2 Å². The standard InChI is InChI=1S/C16H24N2O/c1-3-16(4-2,11-17)18-15(19)14-10-13(14)12-8-6-5-7-9-12/h5-9,13-14H,3-4,10-11,17H2,1-2H3,(H,18,19). The molecule has 1 aliphatic carbocycles. The van der Waals surface area contributed by atoms with Crippen LogP contribution < -0.4 is 11.1 Å². The molecule has 2 unspecified atom stereocenters. The van der Waals surface area contributed by atoms with E-state index >= 15 is 0 Å². The van der Waals surface area contributed by atoms with Gasteiger partial charge >= 0.3 is 0 Å². The summed E-state index contributed by atoms with van der Waals surface area (Å²) >= 11 is 0. The summed E-state index contributed by atoms with van der Waals surface area (Å²) < 4.78 is 0. The van der Waals surface area contributed by atoms with Crippen molar-refractivity contribution in [3.63, 3.8) is 0 Å². The van der Waals surface area contributed by atoms with E-state index in [0.29, 0.717) is 12.5 Å². The molecule has 2 atom stereocenters. The third kappa shape index (κ3) is 2.98. The molecule has 2 rings (SSSR count). The molecule has 3 N–H and O–H groups in total. The predicted octanol–water partition coefficient (Wildman–Crippen LogP) is 2.42. The number of benzene rings is 1. The molecule has 0 saturated heterocycles. The molecule has 19 heavy (non-hydrogen) atoms. The lowest BCUT2D eigenvalue weighted by atomic mass is 9.92. The summed E-state index contributed by atoms with van der Waals surface area (Å²) in [5, 5.41) is 3.18. The average molecular weight is 260 g/mol. The summed E-state index contributed by atoms with van der Waals surface area (Å²) in [6.45, 7) is 4.67. The molecule has 1 aliphatic rings. The second-order valence-electron chi connectivity index (χ2n) is 5.54. The van der Waals surface area contributed by atoms with Gasteiger partial charge in [0, 0.05) is 12.5 Å². The Hall–Kier alpha value is -1.35. The monoisotopic (exact) mass is 260 g/mol. The Morgan fingerprint density at radius 2 is 1.95 bits per heavy atom. The highest BCUT2D eigenvalue weighted by molar-refractivity contribution is 5.83. The molecule has 0 heterocycles. The largest absolute Gasteiger partial charge is 0.349 e. The molecule has 0 bridgehead atoms. The molecule has 1 amide bonds. The van der Waals surface area contributed by atoms with Crippen LogP contribution in [0.3, 0.4) is 0 Å². The van der Waals surface area contributed by atoms with Crippen LogP contribution >= 0.6 is 0 Å². The topological polar surface area (TPSA) is 55.1 Å². The first-order valence-electron chi connectivity index (χ1n) is 7.23. The third-order valence-corrected chi connectivity index (χ3v) is 4.49. The molecule has 1 fully saturated rings. The van der Waals surface area contributed by atoms with Crippen LogP contribution in [0.1, 0.15) is 44.6 Å². The van der Waals surface area contributed by atoms with Gasteiger partial charge in [0.15, 0.2) is 0 Å². The highest BCUT2D eigenvalue weighted by atomic mass is 16.2. The van der Waals surface area contributed by atoms with Crippen LogP contribution in [0, 0.1) is 5.92 Å². The zero-order valence-corrected chi connectivity index (χ0v) is 11.9. The van der Waals surface area contributed by atoms with Crippen LogP contribution in [-0.2, 0) is 4.79 Å². The quantitative estimate of drug-likeness (QED) is 0.825. The maximum Gasteiger partial charge on any atom is 0.224 e. The van der Waals surface area contributed by atoms with Crippen molar-refractivity contribution in [2.24, 2.45) is 11.7 Å². The van der Waals surface area contributed by atoms with Crippen molar-refractivity contribution in [3.05, 3.63) is 35.9 Å². The van der Waals surface area contributed by atoms with Crippen LogP contribution in [0.15, 0.2) is 30.3 Å². The molecular formula is C16H24N2O. The summed E-state index contributed by atoms with van der Waals surface area (Å²) in [5.41, 5.74) is 6.88. The zero-order chi connectivity index (χ0) is 13.9. The number of carbonyl (C=O) groups is 1. The molecule has 1 aromatic rings. The predicted molar refractivity (Wildman–Crippen MR) is 77.8 cm³/mol. The molecule has 3 heteroatoms. The smallest absolute Gasteiger partial charge is 0.224 e. The van der Waals surface area contributed by atoms with E-state index in [1.54, 1.807) is 0 Å². The van der Waals surface area contributed by atoms with Crippen molar-refractivity contribution in [3.8, 4) is 0 Å². The lowest BCUT2D eigenvalue weighted by Crippen LogP contribution is -2.53. The van der Waals surface area contributed by atoms with Gasteiger partial charge in [0.25, 0.3) is 0 Å². The molecule has 3 nitrogen and oxygen atoms in total. The average Bonchev–Trinajstić information content (AvgIpc) is 3.26. The van der Waals surface area contributed by atoms with Gasteiger partial charge in [-0.2, -0.15) is 0 Å². The first-order valence-corrected chi connectivity index (χ1v) is 7.23. The lowest BCUT2D eigenvalue weighted by Gasteiger charge is -2.31. The Bertz CT molecular complexity index is 417. The van der Waals surface area contributed by atoms with E-state index in [1.165, 1.54) is 5.56 Å². The second-order valence-corrected chi connectivity index (χ2v) is 5.54. The van der Waals surface area contributed by atoms with E-state index in [-0.39, 0.29) is 17.4 Å². The van der Waals surface area contributed by atoms with Crippen LogP contribution in [0.4, 0.5) is 0 Å². The summed E-state index contributed by atoms with van der Waals surface area (Å²) in [7, 11) is 0. The minimum Gasteiger partial charge on any atom is -0.349 e. The van der Waals surface area contributed by atoms with Gasteiger partial charge in [-0.05, 0) is 30.7 Å². The number of amides is 1. The van der Waals surface area contributed by atoms with E-state index in [4.69, 9.17) is 5.73 Å². The van der Waals surface area contributed by atoms with Gasteiger partial charge in [-0.3, -0.25) is 4.79 Å². The van der Waals surface area contributed by atoms with Crippen LogP contribution in [0.25, 0.3) is 0 Å². The SMILES string of the molecule is CCC(CC)(CN)NC(=O)C1CC1c1ccccc1. The number of hydrogen-bond donors (Lipinski definition) is 2. The number of nitrogens with one attached hydrogen (secondary N) is 1. The molecule has 0 radical (unpaired) electrons. The molecule has 0 spiro atoms. The Morgan fingerprint density at radius 1 is 1.32 bits per heavy atom. The minimum absolute atomic E-state index is 0.131. The summed E-state index contributed by atoms with van der Waals surface area (Å²) in [5.74, 6) is 0.694. The number of hydrogen-bond acceptors (Lipinski definition) is 2. The molecule has 0 aliphatic heterocycles. The molecule has 1 aromatic carbocycles. The van der Waals surface area contributed by atoms with E-state index in [2.05, 4.69) is 31.3 Å². The summed E-state index contributed by atoms with van der Waals surface area (Å²) in [6, 6.07) is 10.3. The highest BCUT2D eigenvalue weighted by Crippen LogP contribution is 2.47. The molecule has 104 valence electrons. The maximum absolute atomic E-state index is 12.3. The van der Waals surface area contributed by atoms with Crippen LogP contribution in [-0.4, -0.2) is 18.0 Å². The van der Waals surface area contributed by atoms with Gasteiger partial charge in [0.05, 0.1) is 5.54 Å². The van der Waals surface area contributed by atoms with E-state index in [9.17, 15) is 4.79 Å². The zero-order valence-electron chi connectivity index (χ0n) is 11.9. The maximum atomic E-state index is 12.3. The van der Waals surface area contributed by atoms with Crippen molar-refractivity contribution in [2.75, 3.05) is 6.54 Å². The Balaban J connectivity index is 1.96. The first kappa shape index (κ1) is 14.1. The molecule has 1 saturated carbocycles. The van der Waals surface area contributed by atoms with Crippen LogP contribution in [0.2, 0.25) is 0 Å². The Labute approximate surface area is 115 Å². The minimum atomic E-state index is -0.221. The summed E-state index contributed by atoms with van der Waals surface area (Å²) in [4.78, 5) is 12.3. The normalized spacial score (nSPS) is 22.1. The third-order valence-electron chi connectivity index (χ3n) is 4.49.